The number of rotatable bonds is 15. The Morgan fingerprint density at radius 3 is 2.83 bits per heavy atom. The van der Waals surface area contributed by atoms with Crippen LogP contribution >= 0.6 is 11.6 Å². The van der Waals surface area contributed by atoms with Gasteiger partial charge in [-0.15, -0.1) is 10.1 Å². The van der Waals surface area contributed by atoms with E-state index in [9.17, 15) is 30.2 Å². The molecule has 1 unspecified atom stereocenters. The average molecular weight is 527 g/mol. The monoisotopic (exact) mass is 526 g/mol. The van der Waals surface area contributed by atoms with Gasteiger partial charge in [-0.05, 0) is 50.3 Å². The van der Waals surface area contributed by atoms with E-state index >= 15 is 0 Å². The minimum atomic E-state index is -0.887. The average Bonchev–Trinajstić information content (AvgIpc) is 3.08. The van der Waals surface area contributed by atoms with E-state index in [-0.39, 0.29) is 43.7 Å². The lowest BCUT2D eigenvalue weighted by Gasteiger charge is -2.19. The van der Waals surface area contributed by atoms with Crippen LogP contribution in [-0.4, -0.2) is 63.9 Å². The number of carbonyl (C=O) groups excluding carboxylic acids is 1. The highest BCUT2D eigenvalue weighted by atomic mass is 35.5. The first-order chi connectivity index (χ1) is 17.2. The summed E-state index contributed by atoms with van der Waals surface area (Å²) in [5.41, 5.74) is 0. The number of carbonyl (C=O) groups is 1. The molecule has 0 spiro atoms. The van der Waals surface area contributed by atoms with Crippen molar-refractivity contribution in [3.8, 4) is 5.75 Å². The molecular weight excluding hydrogens is 492 g/mol. The van der Waals surface area contributed by atoms with Gasteiger partial charge >= 0.3 is 0 Å². The number of nitrogens with one attached hydrogen (secondary N) is 1. The number of nitrogens with zero attached hydrogens (tertiary/aromatic N) is 1. The van der Waals surface area contributed by atoms with Crippen LogP contribution < -0.4 is 10.1 Å². The van der Waals surface area contributed by atoms with Crippen molar-refractivity contribution in [2.45, 2.75) is 63.4 Å². The summed E-state index contributed by atoms with van der Waals surface area (Å²) in [4.78, 5) is 26.4. The fraction of sp³-hybridized carbons (Fsp3) is 0.560. The van der Waals surface area contributed by atoms with Crippen LogP contribution in [0.2, 0.25) is 5.02 Å². The van der Waals surface area contributed by atoms with E-state index in [1.165, 1.54) is 6.92 Å². The zero-order valence-corrected chi connectivity index (χ0v) is 21.0. The van der Waals surface area contributed by atoms with Crippen molar-refractivity contribution in [1.29, 1.82) is 0 Å². The molecule has 1 aliphatic rings. The maximum absolute atomic E-state index is 11.8. The molecule has 1 aromatic carbocycles. The third-order valence-corrected chi connectivity index (χ3v) is 6.13. The largest absolute Gasteiger partial charge is 0.491 e. The molecular formula is C25H35ClN2O8. The molecule has 1 fully saturated rings. The van der Waals surface area contributed by atoms with E-state index in [0.717, 1.165) is 0 Å². The molecule has 11 heteroatoms. The molecule has 2 rings (SSSR count). The summed E-state index contributed by atoms with van der Waals surface area (Å²) in [6.45, 7) is 1.59. The Labute approximate surface area is 215 Å². The van der Waals surface area contributed by atoms with Crippen molar-refractivity contribution in [2.75, 3.05) is 13.2 Å². The fourth-order valence-corrected chi connectivity index (χ4v) is 4.22. The van der Waals surface area contributed by atoms with Crippen LogP contribution in [0, 0.1) is 22.0 Å². The lowest BCUT2D eigenvalue weighted by molar-refractivity contribution is -0.767. The number of halogens is 1. The highest BCUT2D eigenvalue weighted by Crippen LogP contribution is 2.36. The molecule has 0 radical (unpaired) electrons. The number of benzene rings is 1. The summed E-state index contributed by atoms with van der Waals surface area (Å²) >= 11 is 5.92. The molecule has 0 bridgehead atoms. The Kier molecular flexibility index (Phi) is 12.7. The quantitative estimate of drug-likeness (QED) is 0.118. The number of amides is 1. The van der Waals surface area contributed by atoms with Crippen molar-refractivity contribution in [2.24, 2.45) is 11.8 Å². The predicted molar refractivity (Wildman–Crippen MR) is 134 cm³/mol. The van der Waals surface area contributed by atoms with Crippen molar-refractivity contribution in [3.05, 3.63) is 63.7 Å². The normalized spacial score (nSPS) is 23.6. The Hall–Kier alpha value is -2.66. The van der Waals surface area contributed by atoms with Gasteiger partial charge in [-0.2, -0.15) is 0 Å². The summed E-state index contributed by atoms with van der Waals surface area (Å²) in [5.74, 6) is -0.163. The molecule has 10 nitrogen and oxygen atoms in total. The zero-order chi connectivity index (χ0) is 26.5. The minimum absolute atomic E-state index is 0.0298. The Morgan fingerprint density at radius 2 is 2.11 bits per heavy atom. The number of ether oxygens (including phenoxy) is 1. The summed E-state index contributed by atoms with van der Waals surface area (Å²) in [5, 5.41) is 43.5. The molecule has 6 atom stereocenters. The van der Waals surface area contributed by atoms with Gasteiger partial charge in [0.2, 0.25) is 5.91 Å². The molecule has 0 saturated heterocycles. The van der Waals surface area contributed by atoms with Crippen molar-refractivity contribution < 1.29 is 34.8 Å². The molecule has 1 aromatic rings. The lowest BCUT2D eigenvalue weighted by atomic mass is 9.89. The molecule has 0 aromatic heterocycles. The van der Waals surface area contributed by atoms with Gasteiger partial charge in [0.25, 0.3) is 5.09 Å². The second-order valence-corrected chi connectivity index (χ2v) is 9.31. The SMILES string of the molecule is CC(CNC(=O)CCCC=CC[C@@H]1[C@@H](C=C[C@@H](O)COc2cccc(Cl)c2)[C@H](O)C[C@@H]1O)O[N+](=O)[O-]. The van der Waals surface area contributed by atoms with Gasteiger partial charge in [0.05, 0.1) is 12.2 Å². The Morgan fingerprint density at radius 1 is 1.33 bits per heavy atom. The highest BCUT2D eigenvalue weighted by Gasteiger charge is 2.39. The first-order valence-corrected chi connectivity index (χ1v) is 12.4. The molecule has 1 aliphatic carbocycles. The number of hydrogen-bond acceptors (Lipinski definition) is 8. The zero-order valence-electron chi connectivity index (χ0n) is 20.2. The third kappa shape index (κ3) is 10.9. The minimum Gasteiger partial charge on any atom is -0.491 e. The summed E-state index contributed by atoms with van der Waals surface area (Å²) in [6, 6.07) is 6.87. The van der Waals surface area contributed by atoms with Gasteiger partial charge in [0.15, 0.2) is 0 Å². The van der Waals surface area contributed by atoms with Gasteiger partial charge in [0, 0.05) is 30.3 Å². The van der Waals surface area contributed by atoms with E-state index in [1.54, 1.807) is 36.4 Å². The van der Waals surface area contributed by atoms with Crippen molar-refractivity contribution in [1.82, 2.24) is 5.32 Å². The summed E-state index contributed by atoms with van der Waals surface area (Å²) in [6.07, 6.45) is 6.55. The summed E-state index contributed by atoms with van der Waals surface area (Å²) < 4.78 is 5.53. The molecule has 0 aliphatic heterocycles. The molecule has 1 saturated carbocycles. The maximum atomic E-state index is 11.8. The molecule has 36 heavy (non-hydrogen) atoms. The maximum Gasteiger partial charge on any atom is 0.294 e. The number of aliphatic hydroxyl groups is 3. The number of unbranched alkanes of at least 4 members (excludes halogenated alkanes) is 1. The first-order valence-electron chi connectivity index (χ1n) is 12.0. The second-order valence-electron chi connectivity index (χ2n) is 8.88. The predicted octanol–water partition coefficient (Wildman–Crippen LogP) is 2.82. The van der Waals surface area contributed by atoms with Gasteiger partial charge < -0.3 is 30.2 Å². The smallest absolute Gasteiger partial charge is 0.294 e. The highest BCUT2D eigenvalue weighted by molar-refractivity contribution is 6.30. The number of hydrogen-bond donors (Lipinski definition) is 4. The van der Waals surface area contributed by atoms with E-state index in [4.69, 9.17) is 16.3 Å². The number of aliphatic hydroxyl groups excluding tert-OH is 3. The van der Waals surface area contributed by atoms with Gasteiger partial charge in [-0.3, -0.25) is 4.79 Å². The van der Waals surface area contributed by atoms with Crippen molar-refractivity contribution >= 4 is 17.5 Å². The van der Waals surface area contributed by atoms with Crippen LogP contribution in [0.4, 0.5) is 0 Å². The molecule has 200 valence electrons. The van der Waals surface area contributed by atoms with E-state index < -0.39 is 29.5 Å². The van der Waals surface area contributed by atoms with Crippen molar-refractivity contribution in [3.63, 3.8) is 0 Å². The lowest BCUT2D eigenvalue weighted by Crippen LogP contribution is -2.32. The Balaban J connectivity index is 1.72. The number of allylic oxidation sites excluding steroid dienone is 2. The second kappa shape index (κ2) is 15.5. The Bertz CT molecular complexity index is 897. The van der Waals surface area contributed by atoms with E-state index in [2.05, 4.69) is 10.2 Å². The van der Waals surface area contributed by atoms with Gasteiger partial charge in [-0.25, -0.2) is 0 Å². The van der Waals surface area contributed by atoms with Crippen LogP contribution in [0.15, 0.2) is 48.6 Å². The molecule has 1 amide bonds. The van der Waals surface area contributed by atoms with E-state index in [1.807, 2.05) is 12.2 Å². The van der Waals surface area contributed by atoms with Gasteiger partial charge in [0.1, 0.15) is 24.6 Å². The van der Waals surface area contributed by atoms with Crippen LogP contribution in [0.1, 0.15) is 39.0 Å². The van der Waals surface area contributed by atoms with Crippen LogP contribution in [-0.2, 0) is 9.63 Å². The third-order valence-electron chi connectivity index (χ3n) is 5.89. The van der Waals surface area contributed by atoms with E-state index in [0.29, 0.717) is 30.0 Å². The van der Waals surface area contributed by atoms with Crippen LogP contribution in [0.25, 0.3) is 0 Å². The molecule has 0 heterocycles. The molecule has 4 N–H and O–H groups in total. The first kappa shape index (κ1) is 29.6. The topological polar surface area (TPSA) is 151 Å². The van der Waals surface area contributed by atoms with Gasteiger partial charge in [-0.1, -0.05) is 42.0 Å². The fourth-order valence-electron chi connectivity index (χ4n) is 4.04. The van der Waals surface area contributed by atoms with Crippen LogP contribution in [0.5, 0.6) is 5.75 Å². The summed E-state index contributed by atoms with van der Waals surface area (Å²) in [7, 11) is 0. The standard InChI is InChI=1S/C25H35ClN2O8/c1-17(36-28(33)34)15-27-25(32)10-5-3-2-4-9-21-22(24(31)14-23(21)30)12-11-19(29)16-35-20-8-6-7-18(26)13-20/h2,4,6-8,11-13,17,19,21-24,29-31H,3,5,9-10,14-16H2,1H3,(H,27,32)/t17?,19-,21-,22-,23+,24-/m1/s1. The van der Waals surface area contributed by atoms with Crippen LogP contribution in [0.3, 0.4) is 0 Å².